The van der Waals surface area contributed by atoms with Crippen molar-refractivity contribution in [2.45, 2.75) is 62.3 Å². The number of rotatable bonds is 6. The highest BCUT2D eigenvalue weighted by Crippen LogP contribution is 2.58. The van der Waals surface area contributed by atoms with E-state index < -0.39 is 26.2 Å². The first-order chi connectivity index (χ1) is 14.0. The van der Waals surface area contributed by atoms with Crippen molar-refractivity contribution < 1.29 is 22.3 Å². The van der Waals surface area contributed by atoms with Gasteiger partial charge in [-0.3, -0.25) is 4.79 Å². The normalized spacial score (nSPS) is 32.8. The van der Waals surface area contributed by atoms with Gasteiger partial charge in [-0.25, -0.2) is 17.5 Å². The Bertz CT molecular complexity index is 952. The zero-order valence-corrected chi connectivity index (χ0v) is 18.9. The average Bonchev–Trinajstić information content (AvgIpc) is 2.66. The first-order valence-corrected chi connectivity index (χ1v) is 12.2. The number of ether oxygens (including phenoxy) is 1. The summed E-state index contributed by atoms with van der Waals surface area (Å²) in [4.78, 5) is 13.1. The molecule has 4 bridgehead atoms. The predicted octanol–water partition coefficient (Wildman–Crippen LogP) is 3.25. The van der Waals surface area contributed by atoms with Crippen LogP contribution in [0.5, 0.6) is 5.75 Å². The molecule has 166 valence electrons. The Morgan fingerprint density at radius 1 is 1.23 bits per heavy atom. The van der Waals surface area contributed by atoms with Crippen LogP contribution < -0.4 is 14.8 Å². The summed E-state index contributed by atoms with van der Waals surface area (Å²) in [7, 11) is -1.90. The minimum absolute atomic E-state index is 0.0687. The van der Waals surface area contributed by atoms with Gasteiger partial charge >= 0.3 is 0 Å². The lowest BCUT2D eigenvalue weighted by molar-refractivity contribution is -0.137. The van der Waals surface area contributed by atoms with Gasteiger partial charge in [0.15, 0.2) is 5.60 Å². The summed E-state index contributed by atoms with van der Waals surface area (Å²) in [6.45, 7) is 3.29. The Morgan fingerprint density at radius 2 is 1.87 bits per heavy atom. The largest absolute Gasteiger partial charge is 0.476 e. The first kappa shape index (κ1) is 21.8. The van der Waals surface area contributed by atoms with Crippen LogP contribution in [-0.4, -0.2) is 37.8 Å². The quantitative estimate of drug-likeness (QED) is 0.685. The van der Waals surface area contributed by atoms with Crippen molar-refractivity contribution in [1.29, 1.82) is 0 Å². The van der Waals surface area contributed by atoms with E-state index in [4.69, 9.17) is 16.3 Å². The van der Waals surface area contributed by atoms with Crippen molar-refractivity contribution in [1.82, 2.24) is 10.0 Å². The van der Waals surface area contributed by atoms with Gasteiger partial charge in [0.25, 0.3) is 5.91 Å². The topological polar surface area (TPSA) is 84.5 Å². The Kier molecular flexibility index (Phi) is 5.35. The third kappa shape index (κ3) is 3.60. The fourth-order valence-corrected chi connectivity index (χ4v) is 7.90. The Morgan fingerprint density at radius 3 is 2.43 bits per heavy atom. The van der Waals surface area contributed by atoms with Crippen molar-refractivity contribution in [3.63, 3.8) is 0 Å². The SMILES string of the molecule is CNS(=O)(=O)C12CC3CC(C1)C(NC(=O)C(C)(C)Oc1ccc(F)cc1Cl)C(C3)C2. The van der Waals surface area contributed by atoms with Crippen molar-refractivity contribution in [2.75, 3.05) is 7.05 Å². The molecule has 30 heavy (non-hydrogen) atoms. The van der Waals surface area contributed by atoms with Crippen LogP contribution in [0.1, 0.15) is 46.0 Å². The molecule has 2 unspecified atom stereocenters. The number of halogens is 2. The molecule has 1 amide bonds. The number of sulfonamides is 1. The fraction of sp³-hybridized carbons (Fsp3) is 0.667. The van der Waals surface area contributed by atoms with E-state index in [0.717, 1.165) is 18.9 Å². The van der Waals surface area contributed by atoms with E-state index in [1.807, 2.05) is 0 Å². The standard InChI is InChI=1S/C21H28ClFN2O4S/c1-20(2,29-17-5-4-15(23)8-16(17)22)19(26)25-18-13-6-12-7-14(18)11-21(9-12,10-13)30(27,28)24-3/h4-5,8,12-14,18,24H,6-7,9-11H2,1-3H3,(H,25,26). The molecule has 6 nitrogen and oxygen atoms in total. The van der Waals surface area contributed by atoms with Crippen molar-refractivity contribution in [2.24, 2.45) is 17.8 Å². The number of carbonyl (C=O) groups is 1. The van der Waals surface area contributed by atoms with Crippen LogP contribution >= 0.6 is 11.6 Å². The second kappa shape index (κ2) is 7.35. The third-order valence-corrected chi connectivity index (χ3v) is 9.63. The second-order valence-electron chi connectivity index (χ2n) is 9.55. The Balaban J connectivity index is 1.49. The maximum atomic E-state index is 13.3. The molecule has 2 atom stereocenters. The molecule has 4 saturated carbocycles. The summed E-state index contributed by atoms with van der Waals surface area (Å²) in [5.41, 5.74) is -1.22. The Hall–Kier alpha value is -1.38. The van der Waals surface area contributed by atoms with Gasteiger partial charge in [-0.05, 0) is 89.0 Å². The molecule has 4 aliphatic rings. The minimum atomic E-state index is -3.38. The van der Waals surface area contributed by atoms with Crippen molar-refractivity contribution in [3.05, 3.63) is 29.0 Å². The molecule has 0 aromatic heterocycles. The van der Waals surface area contributed by atoms with Crippen molar-refractivity contribution in [3.8, 4) is 5.75 Å². The minimum Gasteiger partial charge on any atom is -0.476 e. The zero-order valence-electron chi connectivity index (χ0n) is 17.4. The molecular weight excluding hydrogens is 431 g/mol. The summed E-state index contributed by atoms with van der Waals surface area (Å²) in [5.74, 6) is 0.130. The predicted molar refractivity (Wildman–Crippen MR) is 112 cm³/mol. The highest BCUT2D eigenvalue weighted by Gasteiger charge is 2.61. The molecule has 0 saturated heterocycles. The lowest BCUT2D eigenvalue weighted by Crippen LogP contribution is -2.66. The smallest absolute Gasteiger partial charge is 0.263 e. The van der Waals surface area contributed by atoms with E-state index in [1.165, 1.54) is 19.2 Å². The fourth-order valence-electron chi connectivity index (χ4n) is 5.94. The van der Waals surface area contributed by atoms with E-state index in [1.54, 1.807) is 13.8 Å². The maximum Gasteiger partial charge on any atom is 0.263 e. The van der Waals surface area contributed by atoms with Gasteiger partial charge in [0, 0.05) is 6.04 Å². The molecule has 9 heteroatoms. The zero-order chi connectivity index (χ0) is 21.9. The summed E-state index contributed by atoms with van der Waals surface area (Å²) in [5, 5.41) is 3.25. The summed E-state index contributed by atoms with van der Waals surface area (Å²) in [6, 6.07) is 3.71. The molecule has 5 rings (SSSR count). The van der Waals surface area contributed by atoms with E-state index in [0.29, 0.717) is 25.2 Å². The van der Waals surface area contributed by atoms with Gasteiger partial charge < -0.3 is 10.1 Å². The lowest BCUT2D eigenvalue weighted by Gasteiger charge is -2.59. The van der Waals surface area contributed by atoms with E-state index in [9.17, 15) is 17.6 Å². The highest BCUT2D eigenvalue weighted by molar-refractivity contribution is 7.90. The van der Waals surface area contributed by atoms with Crippen LogP contribution in [0.15, 0.2) is 18.2 Å². The number of hydrogen-bond acceptors (Lipinski definition) is 4. The third-order valence-electron chi connectivity index (χ3n) is 7.16. The van der Waals surface area contributed by atoms with Crippen LogP contribution in [0.25, 0.3) is 0 Å². The number of amides is 1. The molecule has 2 N–H and O–H groups in total. The van der Waals surface area contributed by atoms with Gasteiger partial charge in [-0.2, -0.15) is 0 Å². The monoisotopic (exact) mass is 458 g/mol. The number of carbonyl (C=O) groups excluding carboxylic acids is 1. The summed E-state index contributed by atoms with van der Waals surface area (Å²) in [6.07, 6.45) is 3.72. The van der Waals surface area contributed by atoms with E-state index >= 15 is 0 Å². The first-order valence-electron chi connectivity index (χ1n) is 10.3. The molecule has 1 aromatic rings. The van der Waals surface area contributed by atoms with Crippen LogP contribution in [0.3, 0.4) is 0 Å². The number of benzene rings is 1. The molecule has 4 fully saturated rings. The van der Waals surface area contributed by atoms with Gasteiger partial charge in [0.2, 0.25) is 10.0 Å². The molecule has 4 aliphatic carbocycles. The number of nitrogens with one attached hydrogen (secondary N) is 2. The van der Waals surface area contributed by atoms with Crippen LogP contribution in [0, 0.1) is 23.6 Å². The van der Waals surface area contributed by atoms with E-state index in [-0.39, 0.29) is 34.6 Å². The highest BCUT2D eigenvalue weighted by atomic mass is 35.5. The van der Waals surface area contributed by atoms with Crippen LogP contribution in [0.4, 0.5) is 4.39 Å². The lowest BCUT2D eigenvalue weighted by atomic mass is 9.53. The maximum absolute atomic E-state index is 13.3. The van der Waals surface area contributed by atoms with Gasteiger partial charge in [0.1, 0.15) is 11.6 Å². The molecule has 0 spiro atoms. The molecule has 0 radical (unpaired) electrons. The average molecular weight is 459 g/mol. The molecule has 0 aliphatic heterocycles. The second-order valence-corrected chi connectivity index (χ2v) is 12.2. The number of hydrogen-bond donors (Lipinski definition) is 2. The summed E-state index contributed by atoms with van der Waals surface area (Å²) < 4.78 is 46.4. The van der Waals surface area contributed by atoms with Gasteiger partial charge in [-0.15, -0.1) is 0 Å². The molecular formula is C21H28ClFN2O4S. The molecule has 0 heterocycles. The van der Waals surface area contributed by atoms with Crippen molar-refractivity contribution >= 4 is 27.5 Å². The van der Waals surface area contributed by atoms with Gasteiger partial charge in [-0.1, -0.05) is 11.6 Å². The van der Waals surface area contributed by atoms with Gasteiger partial charge in [0.05, 0.1) is 9.77 Å². The van der Waals surface area contributed by atoms with Crippen LogP contribution in [0.2, 0.25) is 5.02 Å². The molecule has 1 aromatic carbocycles. The Labute approximate surface area is 181 Å². The van der Waals surface area contributed by atoms with Crippen LogP contribution in [-0.2, 0) is 14.8 Å². The summed E-state index contributed by atoms with van der Waals surface area (Å²) >= 11 is 6.04. The van der Waals surface area contributed by atoms with E-state index in [2.05, 4.69) is 10.0 Å².